The number of nitrogens with one attached hydrogen (secondary N) is 1. The van der Waals surface area contributed by atoms with Gasteiger partial charge in [-0.05, 0) is 6.08 Å². The zero-order valence-electron chi connectivity index (χ0n) is 7.27. The van der Waals surface area contributed by atoms with Crippen LogP contribution in [0.4, 0.5) is 0 Å². The zero-order chi connectivity index (χ0) is 9.52. The van der Waals surface area contributed by atoms with E-state index in [1.807, 2.05) is 30.3 Å². The van der Waals surface area contributed by atoms with E-state index in [0.717, 1.165) is 5.56 Å². The van der Waals surface area contributed by atoms with Crippen molar-refractivity contribution >= 4 is 12.1 Å². The highest BCUT2D eigenvalue weighted by Crippen LogP contribution is 1.95. The average Bonchev–Trinajstić information content (AvgIpc) is 2.19. The van der Waals surface area contributed by atoms with Crippen LogP contribution in [0.15, 0.2) is 48.1 Å². The molecule has 0 fully saturated rings. The smallest absolute Gasteiger partial charge is 0.198 e. The van der Waals surface area contributed by atoms with Crippen LogP contribution < -0.4 is 10.8 Å². The standard InChI is InChI=1S/C10H11N3/c1-2-8-12-13-10(11)9-6-4-3-5-7-9/h2-8H,1H2,(H2,11,13)/p+1. The summed E-state index contributed by atoms with van der Waals surface area (Å²) >= 11 is 0. The average molecular weight is 174 g/mol. The lowest BCUT2D eigenvalue weighted by atomic mass is 10.2. The molecule has 0 spiro atoms. The Kier molecular flexibility index (Phi) is 3.45. The van der Waals surface area contributed by atoms with Crippen LogP contribution in [0.25, 0.3) is 0 Å². The van der Waals surface area contributed by atoms with Gasteiger partial charge in [0, 0.05) is 10.7 Å². The summed E-state index contributed by atoms with van der Waals surface area (Å²) in [6, 6.07) is 9.55. The van der Waals surface area contributed by atoms with E-state index in [1.54, 1.807) is 12.3 Å². The minimum absolute atomic E-state index is 0.457. The number of hydrogen-bond acceptors (Lipinski definition) is 1. The third-order valence-corrected chi connectivity index (χ3v) is 1.45. The molecule has 0 saturated heterocycles. The van der Waals surface area contributed by atoms with Gasteiger partial charge >= 0.3 is 0 Å². The van der Waals surface area contributed by atoms with Crippen LogP contribution in [0.3, 0.4) is 0 Å². The molecule has 0 radical (unpaired) electrons. The number of amidine groups is 1. The Morgan fingerprint density at radius 3 is 2.69 bits per heavy atom. The summed E-state index contributed by atoms with van der Waals surface area (Å²) in [7, 11) is 0. The van der Waals surface area contributed by atoms with Crippen LogP contribution in [0, 0.1) is 0 Å². The summed E-state index contributed by atoms with van der Waals surface area (Å²) < 4.78 is 0. The molecule has 0 aliphatic carbocycles. The third kappa shape index (κ3) is 2.91. The van der Waals surface area contributed by atoms with Crippen LogP contribution in [0.1, 0.15) is 5.56 Å². The van der Waals surface area contributed by atoms with Gasteiger partial charge in [-0.2, -0.15) is 0 Å². The highest BCUT2D eigenvalue weighted by molar-refractivity contribution is 5.96. The van der Waals surface area contributed by atoms with E-state index in [1.165, 1.54) is 0 Å². The molecule has 0 saturated carbocycles. The van der Waals surface area contributed by atoms with E-state index >= 15 is 0 Å². The van der Waals surface area contributed by atoms with Crippen LogP contribution in [-0.4, -0.2) is 12.1 Å². The fraction of sp³-hybridized carbons (Fsp3) is 0. The molecule has 0 heterocycles. The molecule has 3 nitrogen and oxygen atoms in total. The Morgan fingerprint density at radius 2 is 2.08 bits per heavy atom. The molecule has 3 N–H and O–H groups in total. The summed E-state index contributed by atoms with van der Waals surface area (Å²) in [5, 5.41) is 6.55. The van der Waals surface area contributed by atoms with Gasteiger partial charge in [0.2, 0.25) is 0 Å². The Morgan fingerprint density at radius 1 is 1.38 bits per heavy atom. The fourth-order valence-corrected chi connectivity index (χ4v) is 0.833. The first-order chi connectivity index (χ1) is 6.34. The van der Waals surface area contributed by atoms with Crippen molar-refractivity contribution in [3.05, 3.63) is 48.6 Å². The van der Waals surface area contributed by atoms with Gasteiger partial charge in [0.1, 0.15) is 0 Å². The van der Waals surface area contributed by atoms with E-state index in [2.05, 4.69) is 16.8 Å². The number of benzene rings is 1. The van der Waals surface area contributed by atoms with Gasteiger partial charge in [-0.1, -0.05) is 36.9 Å². The Labute approximate surface area is 77.3 Å². The molecule has 0 aliphatic heterocycles. The predicted octanol–water partition coefficient (Wildman–Crippen LogP) is -0.356. The van der Waals surface area contributed by atoms with E-state index < -0.39 is 0 Å². The van der Waals surface area contributed by atoms with Crippen molar-refractivity contribution in [2.45, 2.75) is 0 Å². The summed E-state index contributed by atoms with van der Waals surface area (Å²) in [6.07, 6.45) is 3.21. The molecule has 3 heteroatoms. The molecule has 0 atom stereocenters. The molecule has 0 unspecified atom stereocenters. The predicted molar refractivity (Wildman–Crippen MR) is 54.4 cm³/mol. The minimum atomic E-state index is 0.457. The lowest BCUT2D eigenvalue weighted by Crippen LogP contribution is -2.62. The van der Waals surface area contributed by atoms with Crippen LogP contribution in [0.2, 0.25) is 0 Å². The number of hydrogen-bond donors (Lipinski definition) is 2. The van der Waals surface area contributed by atoms with Crippen molar-refractivity contribution < 1.29 is 5.10 Å². The van der Waals surface area contributed by atoms with Crippen molar-refractivity contribution in [2.75, 3.05) is 0 Å². The first-order valence-electron chi connectivity index (χ1n) is 3.93. The van der Waals surface area contributed by atoms with Crippen molar-refractivity contribution in [3.8, 4) is 0 Å². The molecule has 0 aliphatic rings. The van der Waals surface area contributed by atoms with E-state index in [-0.39, 0.29) is 0 Å². The molecule has 1 aromatic carbocycles. The van der Waals surface area contributed by atoms with Crippen LogP contribution in [-0.2, 0) is 0 Å². The monoisotopic (exact) mass is 174 g/mol. The van der Waals surface area contributed by atoms with Crippen molar-refractivity contribution in [3.63, 3.8) is 0 Å². The topological polar surface area (TPSA) is 52.3 Å². The molecular formula is C10H12N3+. The maximum atomic E-state index is 5.67. The summed E-state index contributed by atoms with van der Waals surface area (Å²) in [5.74, 6) is 0.457. The van der Waals surface area contributed by atoms with Gasteiger partial charge in [0.15, 0.2) is 12.1 Å². The number of nitrogens with two attached hydrogens (primary N) is 1. The van der Waals surface area contributed by atoms with Gasteiger partial charge in [-0.15, -0.1) is 5.10 Å². The van der Waals surface area contributed by atoms with E-state index in [9.17, 15) is 0 Å². The summed E-state index contributed by atoms with van der Waals surface area (Å²) in [5.41, 5.74) is 6.56. The molecular weight excluding hydrogens is 162 g/mol. The Balaban J connectivity index is 2.79. The van der Waals surface area contributed by atoms with Crippen LogP contribution >= 0.6 is 0 Å². The molecule has 1 rings (SSSR count). The van der Waals surface area contributed by atoms with Gasteiger partial charge in [-0.25, -0.2) is 0 Å². The van der Waals surface area contributed by atoms with Gasteiger partial charge in [0.05, 0.1) is 0 Å². The quantitative estimate of drug-likeness (QED) is 0.367. The zero-order valence-corrected chi connectivity index (χ0v) is 7.27. The molecule has 13 heavy (non-hydrogen) atoms. The highest BCUT2D eigenvalue weighted by atomic mass is 15.2. The van der Waals surface area contributed by atoms with Crippen molar-refractivity contribution in [1.82, 2.24) is 0 Å². The van der Waals surface area contributed by atoms with E-state index in [0.29, 0.717) is 5.84 Å². The number of allylic oxidation sites excluding steroid dienone is 1. The Bertz CT molecular complexity index is 325. The summed E-state index contributed by atoms with van der Waals surface area (Å²) in [6.45, 7) is 3.50. The number of nitrogens with zero attached hydrogens (tertiary/aromatic N) is 1. The molecule has 66 valence electrons. The van der Waals surface area contributed by atoms with Crippen molar-refractivity contribution in [1.29, 1.82) is 0 Å². The molecule has 0 bridgehead atoms. The van der Waals surface area contributed by atoms with Gasteiger partial charge in [-0.3, -0.25) is 0 Å². The second-order valence-corrected chi connectivity index (χ2v) is 2.39. The molecule has 1 aromatic rings. The molecule has 0 aromatic heterocycles. The normalized spacial score (nSPS) is 11.8. The van der Waals surface area contributed by atoms with E-state index in [4.69, 9.17) is 5.73 Å². The second kappa shape index (κ2) is 4.87. The Hall–Kier alpha value is -1.90. The lowest BCUT2D eigenvalue weighted by Gasteiger charge is -1.93. The largest absolute Gasteiger partial charge is 0.378 e. The van der Waals surface area contributed by atoms with Crippen molar-refractivity contribution in [2.24, 2.45) is 10.8 Å². The summed E-state index contributed by atoms with van der Waals surface area (Å²) in [4.78, 5) is 0. The first kappa shape index (κ1) is 9.19. The third-order valence-electron chi connectivity index (χ3n) is 1.45. The molecule has 0 amide bonds. The minimum Gasteiger partial charge on any atom is -0.378 e. The van der Waals surface area contributed by atoms with Gasteiger partial charge < -0.3 is 5.73 Å². The fourth-order valence-electron chi connectivity index (χ4n) is 0.833. The first-order valence-corrected chi connectivity index (χ1v) is 3.93. The lowest BCUT2D eigenvalue weighted by molar-refractivity contribution is -0.456. The van der Waals surface area contributed by atoms with Crippen LogP contribution in [0.5, 0.6) is 0 Å². The maximum Gasteiger partial charge on any atom is 0.198 e. The van der Waals surface area contributed by atoms with Gasteiger partial charge in [0.25, 0.3) is 0 Å². The number of hydrazone groups is 1. The highest BCUT2D eigenvalue weighted by Gasteiger charge is 1.96. The second-order valence-electron chi connectivity index (χ2n) is 2.39. The maximum absolute atomic E-state index is 5.67. The SMILES string of the molecule is C=CC=[NH+]N=C(N)c1ccccc1. The number of rotatable bonds is 3.